The van der Waals surface area contributed by atoms with Crippen molar-refractivity contribution in [3.63, 3.8) is 0 Å². The lowest BCUT2D eigenvalue weighted by Gasteiger charge is -2.11. The molecule has 0 aliphatic heterocycles. The summed E-state index contributed by atoms with van der Waals surface area (Å²) in [6.07, 6.45) is 1.51. The fourth-order valence-electron chi connectivity index (χ4n) is 1.97. The van der Waals surface area contributed by atoms with Crippen LogP contribution in [0.3, 0.4) is 0 Å². The summed E-state index contributed by atoms with van der Waals surface area (Å²) in [5.74, 6) is -0.434. The minimum atomic E-state index is -0.649. The first-order valence-corrected chi connectivity index (χ1v) is 7.83. The summed E-state index contributed by atoms with van der Waals surface area (Å²) >= 11 is 0. The van der Waals surface area contributed by atoms with E-state index in [1.165, 1.54) is 19.4 Å². The molecule has 0 aliphatic carbocycles. The second kappa shape index (κ2) is 9.27. The molecule has 0 spiro atoms. The molecule has 1 aromatic heterocycles. The monoisotopic (exact) mass is 344 g/mol. The van der Waals surface area contributed by atoms with Crippen LogP contribution in [0.15, 0.2) is 42.6 Å². The molecule has 25 heavy (non-hydrogen) atoms. The molecule has 7 nitrogen and oxygen atoms in total. The predicted molar refractivity (Wildman–Crippen MR) is 91.6 cm³/mol. The number of benzene rings is 1. The molecule has 1 heterocycles. The van der Waals surface area contributed by atoms with Crippen LogP contribution < -0.4 is 10.1 Å². The largest absolute Gasteiger partial charge is 0.477 e. The number of esters is 1. The number of hydrogen-bond acceptors (Lipinski definition) is 6. The van der Waals surface area contributed by atoms with Gasteiger partial charge in [-0.05, 0) is 18.1 Å². The van der Waals surface area contributed by atoms with Crippen LogP contribution >= 0.6 is 0 Å². The Morgan fingerprint density at radius 2 is 1.96 bits per heavy atom. The highest BCUT2D eigenvalue weighted by molar-refractivity contribution is 5.94. The Labute approximate surface area is 145 Å². The Kier molecular flexibility index (Phi) is 6.76. The highest BCUT2D eigenvalue weighted by Gasteiger charge is 2.17. The van der Waals surface area contributed by atoms with Crippen LogP contribution in [0.1, 0.15) is 29.3 Å². The van der Waals surface area contributed by atoms with Crippen molar-refractivity contribution in [3.8, 4) is 5.88 Å². The number of rotatable bonds is 7. The highest BCUT2D eigenvalue weighted by Crippen LogP contribution is 2.21. The fourth-order valence-corrected chi connectivity index (χ4v) is 1.97. The fraction of sp³-hybridized carbons (Fsp3) is 0.278. The predicted octanol–water partition coefficient (Wildman–Crippen LogP) is 3.41. The number of aromatic nitrogens is 1. The van der Waals surface area contributed by atoms with Gasteiger partial charge in [-0.25, -0.2) is 14.6 Å². The lowest BCUT2D eigenvalue weighted by molar-refractivity contribution is 0.0595. The van der Waals surface area contributed by atoms with Crippen molar-refractivity contribution in [3.05, 3.63) is 53.7 Å². The number of nitrogens with one attached hydrogen (secondary N) is 1. The van der Waals surface area contributed by atoms with Crippen LogP contribution in [0.2, 0.25) is 0 Å². The molecule has 2 rings (SSSR count). The van der Waals surface area contributed by atoms with Crippen molar-refractivity contribution >= 4 is 17.7 Å². The molecule has 1 amide bonds. The number of nitrogens with zero attached hydrogens (tertiary/aromatic N) is 1. The van der Waals surface area contributed by atoms with Gasteiger partial charge in [0.05, 0.1) is 25.6 Å². The van der Waals surface area contributed by atoms with E-state index in [9.17, 15) is 9.59 Å². The van der Waals surface area contributed by atoms with Gasteiger partial charge in [0.25, 0.3) is 0 Å². The van der Waals surface area contributed by atoms with Gasteiger partial charge in [-0.1, -0.05) is 37.3 Å². The van der Waals surface area contributed by atoms with Crippen molar-refractivity contribution < 1.29 is 23.8 Å². The summed E-state index contributed by atoms with van der Waals surface area (Å²) in [5.41, 5.74) is 1.31. The van der Waals surface area contributed by atoms with Gasteiger partial charge in [-0.2, -0.15) is 0 Å². The zero-order valence-corrected chi connectivity index (χ0v) is 14.2. The Morgan fingerprint density at radius 1 is 1.20 bits per heavy atom. The third-order valence-corrected chi connectivity index (χ3v) is 3.16. The maximum absolute atomic E-state index is 11.9. The van der Waals surface area contributed by atoms with E-state index in [4.69, 9.17) is 14.2 Å². The van der Waals surface area contributed by atoms with Gasteiger partial charge >= 0.3 is 12.1 Å². The number of amides is 1. The maximum atomic E-state index is 11.9. The van der Waals surface area contributed by atoms with Gasteiger partial charge in [0.2, 0.25) is 5.88 Å². The van der Waals surface area contributed by atoms with Gasteiger partial charge < -0.3 is 14.2 Å². The normalized spacial score (nSPS) is 10.0. The average Bonchev–Trinajstić information content (AvgIpc) is 2.65. The van der Waals surface area contributed by atoms with E-state index in [1.54, 1.807) is 0 Å². The Bertz CT molecular complexity index is 719. The minimum absolute atomic E-state index is 0.136. The molecule has 0 saturated heterocycles. The first-order valence-electron chi connectivity index (χ1n) is 7.83. The van der Waals surface area contributed by atoms with Crippen molar-refractivity contribution in [2.75, 3.05) is 19.0 Å². The van der Waals surface area contributed by atoms with E-state index in [0.717, 1.165) is 12.0 Å². The number of carbonyl (C=O) groups is 2. The lowest BCUT2D eigenvalue weighted by atomic mass is 10.2. The second-order valence-corrected chi connectivity index (χ2v) is 5.10. The Morgan fingerprint density at radius 3 is 2.64 bits per heavy atom. The summed E-state index contributed by atoms with van der Waals surface area (Å²) in [7, 11) is 1.26. The van der Waals surface area contributed by atoms with Gasteiger partial charge in [-0.3, -0.25) is 5.32 Å². The SMILES string of the molecule is CCCOc1ncc(NC(=O)OCc2ccccc2)cc1C(=O)OC. The molecular weight excluding hydrogens is 324 g/mol. The van der Waals surface area contributed by atoms with Crippen LogP contribution in [0, 0.1) is 0 Å². The molecule has 0 saturated carbocycles. The quantitative estimate of drug-likeness (QED) is 0.775. The van der Waals surface area contributed by atoms with Crippen molar-refractivity contribution in [1.82, 2.24) is 4.98 Å². The first kappa shape index (κ1) is 18.3. The van der Waals surface area contributed by atoms with E-state index in [1.807, 2.05) is 37.3 Å². The van der Waals surface area contributed by atoms with Crippen molar-refractivity contribution in [1.29, 1.82) is 0 Å². The van der Waals surface area contributed by atoms with Crippen LogP contribution in [0.4, 0.5) is 10.5 Å². The van der Waals surface area contributed by atoms with E-state index < -0.39 is 12.1 Å². The molecule has 1 N–H and O–H groups in total. The van der Waals surface area contributed by atoms with Crippen LogP contribution in [0.25, 0.3) is 0 Å². The van der Waals surface area contributed by atoms with Gasteiger partial charge in [0.15, 0.2) is 0 Å². The summed E-state index contributed by atoms with van der Waals surface area (Å²) in [4.78, 5) is 27.8. The Hall–Kier alpha value is -3.09. The molecule has 7 heteroatoms. The van der Waals surface area contributed by atoms with Crippen LogP contribution in [0.5, 0.6) is 5.88 Å². The summed E-state index contributed by atoms with van der Waals surface area (Å²) < 4.78 is 15.3. The highest BCUT2D eigenvalue weighted by atomic mass is 16.5. The molecule has 2 aromatic rings. The van der Waals surface area contributed by atoms with E-state index >= 15 is 0 Å². The molecule has 0 bridgehead atoms. The number of hydrogen-bond donors (Lipinski definition) is 1. The van der Waals surface area contributed by atoms with E-state index in [-0.39, 0.29) is 18.1 Å². The topological polar surface area (TPSA) is 86.8 Å². The average molecular weight is 344 g/mol. The third-order valence-electron chi connectivity index (χ3n) is 3.16. The minimum Gasteiger partial charge on any atom is -0.477 e. The Balaban J connectivity index is 2.03. The van der Waals surface area contributed by atoms with Crippen molar-refractivity contribution in [2.45, 2.75) is 20.0 Å². The number of anilines is 1. The molecule has 0 fully saturated rings. The van der Waals surface area contributed by atoms with E-state index in [2.05, 4.69) is 10.3 Å². The van der Waals surface area contributed by atoms with E-state index in [0.29, 0.717) is 12.3 Å². The molecule has 0 radical (unpaired) electrons. The first-order chi connectivity index (χ1) is 12.1. The molecular formula is C18H20N2O5. The number of pyridine rings is 1. The smallest absolute Gasteiger partial charge is 0.412 e. The number of methoxy groups -OCH3 is 1. The second-order valence-electron chi connectivity index (χ2n) is 5.10. The van der Waals surface area contributed by atoms with Gasteiger partial charge in [0.1, 0.15) is 12.2 Å². The molecule has 0 aliphatic rings. The molecule has 132 valence electrons. The van der Waals surface area contributed by atoms with Crippen LogP contribution in [-0.2, 0) is 16.1 Å². The standard InChI is InChI=1S/C18H20N2O5/c1-3-9-24-16-15(17(21)23-2)10-14(11-19-16)20-18(22)25-12-13-7-5-4-6-8-13/h4-8,10-11H,3,9,12H2,1-2H3,(H,20,22). The zero-order chi connectivity index (χ0) is 18.1. The lowest BCUT2D eigenvalue weighted by Crippen LogP contribution is -2.15. The summed E-state index contributed by atoms with van der Waals surface area (Å²) in [6.45, 7) is 2.50. The van der Waals surface area contributed by atoms with Crippen molar-refractivity contribution in [2.24, 2.45) is 0 Å². The molecule has 0 atom stereocenters. The molecule has 1 aromatic carbocycles. The third kappa shape index (κ3) is 5.49. The maximum Gasteiger partial charge on any atom is 0.412 e. The van der Waals surface area contributed by atoms with Crippen LogP contribution in [-0.4, -0.2) is 30.8 Å². The number of carbonyl (C=O) groups excluding carboxylic acids is 2. The zero-order valence-electron chi connectivity index (χ0n) is 14.2. The summed E-state index contributed by atoms with van der Waals surface area (Å²) in [5, 5.41) is 2.53. The summed E-state index contributed by atoms with van der Waals surface area (Å²) in [6, 6.07) is 10.7. The van der Waals surface area contributed by atoms with Gasteiger partial charge in [-0.15, -0.1) is 0 Å². The number of ether oxygens (including phenoxy) is 3. The molecule has 0 unspecified atom stereocenters. The van der Waals surface area contributed by atoms with Gasteiger partial charge in [0, 0.05) is 0 Å².